The van der Waals surface area contributed by atoms with Gasteiger partial charge < -0.3 is 9.30 Å². The normalized spacial score (nSPS) is 25.0. The highest BCUT2D eigenvalue weighted by Crippen LogP contribution is 2.46. The summed E-state index contributed by atoms with van der Waals surface area (Å²) >= 11 is 0. The van der Waals surface area contributed by atoms with Crippen molar-refractivity contribution in [2.45, 2.75) is 58.3 Å². The molecule has 0 aliphatic carbocycles. The molecule has 1 atom stereocenters. The van der Waals surface area contributed by atoms with Crippen molar-refractivity contribution in [2.24, 2.45) is 0 Å². The maximum atomic E-state index is 6.23. The Morgan fingerprint density at radius 2 is 1.89 bits per heavy atom. The molecule has 0 bridgehead atoms. The third-order valence-electron chi connectivity index (χ3n) is 4.11. The molecule has 1 saturated heterocycles. The van der Waals surface area contributed by atoms with E-state index in [9.17, 15) is 0 Å². The molecule has 1 aliphatic rings. The molecule has 102 valence electrons. The number of aryl methyl sites for hydroxylation is 1. The lowest BCUT2D eigenvalue weighted by Gasteiger charge is -2.29. The van der Waals surface area contributed by atoms with Gasteiger partial charge in [0, 0.05) is 0 Å². The van der Waals surface area contributed by atoms with Gasteiger partial charge in [-0.3, -0.25) is 0 Å². The fraction of sp³-hybridized carbons (Fsp3) is 0.562. The second-order valence-electron chi connectivity index (χ2n) is 6.70. The van der Waals surface area contributed by atoms with Crippen LogP contribution in [-0.4, -0.2) is 20.8 Å². The first-order chi connectivity index (χ1) is 8.80. The maximum Gasteiger partial charge on any atom is 0.107 e. The summed E-state index contributed by atoms with van der Waals surface area (Å²) in [6.07, 6.45) is 1.02. The van der Waals surface area contributed by atoms with Crippen LogP contribution in [0.5, 0.6) is 0 Å². The van der Waals surface area contributed by atoms with Gasteiger partial charge in [-0.25, -0.2) is 4.98 Å². The summed E-state index contributed by atoms with van der Waals surface area (Å²) in [4.78, 5) is 4.68. The van der Waals surface area contributed by atoms with Gasteiger partial charge in [-0.2, -0.15) is 0 Å². The van der Waals surface area contributed by atoms with Crippen LogP contribution in [0.15, 0.2) is 24.3 Å². The van der Waals surface area contributed by atoms with Gasteiger partial charge in [0.25, 0.3) is 0 Å². The molecule has 0 radical (unpaired) electrons. The van der Waals surface area contributed by atoms with Gasteiger partial charge in [0.2, 0.25) is 0 Å². The predicted octanol–water partition coefficient (Wildman–Crippen LogP) is 3.86. The summed E-state index contributed by atoms with van der Waals surface area (Å²) < 4.78 is 8.58. The van der Waals surface area contributed by atoms with E-state index in [0.717, 1.165) is 17.8 Å². The van der Waals surface area contributed by atoms with E-state index in [1.807, 2.05) is 6.07 Å². The van der Waals surface area contributed by atoms with E-state index in [0.29, 0.717) is 6.04 Å². The summed E-state index contributed by atoms with van der Waals surface area (Å²) in [5.74, 6) is 1.07. The van der Waals surface area contributed by atoms with Crippen molar-refractivity contribution in [1.82, 2.24) is 9.55 Å². The van der Waals surface area contributed by atoms with Crippen molar-refractivity contribution in [3.63, 3.8) is 0 Å². The SMILES string of the molecule is Cc1nc2ccccc2n1C1CC(C)(C)OC1(C)C. The van der Waals surface area contributed by atoms with Gasteiger partial charge in [0.1, 0.15) is 5.82 Å². The Hall–Kier alpha value is -1.35. The van der Waals surface area contributed by atoms with Crippen molar-refractivity contribution >= 4 is 11.0 Å². The smallest absolute Gasteiger partial charge is 0.107 e. The van der Waals surface area contributed by atoms with Crippen molar-refractivity contribution < 1.29 is 4.74 Å². The lowest BCUT2D eigenvalue weighted by atomic mass is 9.94. The number of rotatable bonds is 1. The third kappa shape index (κ3) is 1.96. The molecule has 2 heterocycles. The molecule has 0 spiro atoms. The van der Waals surface area contributed by atoms with Crippen LogP contribution in [0, 0.1) is 6.92 Å². The molecule has 0 amide bonds. The fourth-order valence-corrected chi connectivity index (χ4v) is 3.49. The number of hydrogen-bond acceptors (Lipinski definition) is 2. The Morgan fingerprint density at radius 1 is 1.21 bits per heavy atom. The minimum absolute atomic E-state index is 0.0774. The van der Waals surface area contributed by atoms with Gasteiger partial charge >= 0.3 is 0 Å². The number of fused-ring (bicyclic) bond motifs is 1. The molecule has 1 aromatic heterocycles. The van der Waals surface area contributed by atoms with Crippen LogP contribution in [0.2, 0.25) is 0 Å². The summed E-state index contributed by atoms with van der Waals surface area (Å²) in [6.45, 7) is 10.8. The first-order valence-electron chi connectivity index (χ1n) is 6.94. The largest absolute Gasteiger partial charge is 0.367 e. The molecule has 3 nitrogen and oxygen atoms in total. The number of nitrogens with zero attached hydrogens (tertiary/aromatic N) is 2. The number of ether oxygens (including phenoxy) is 1. The standard InChI is InChI=1S/C16H22N2O/c1-11-17-12-8-6-7-9-13(12)18(11)14-10-15(2,3)19-16(14,4)5/h6-9,14H,10H2,1-5H3. The van der Waals surface area contributed by atoms with Crippen LogP contribution < -0.4 is 0 Å². The monoisotopic (exact) mass is 258 g/mol. The Kier molecular flexibility index (Phi) is 2.55. The molecule has 0 saturated carbocycles. The van der Waals surface area contributed by atoms with Gasteiger partial charge in [0.15, 0.2) is 0 Å². The minimum Gasteiger partial charge on any atom is -0.367 e. The average Bonchev–Trinajstić information content (AvgIpc) is 2.70. The first kappa shape index (κ1) is 12.7. The topological polar surface area (TPSA) is 27.1 Å². The van der Waals surface area contributed by atoms with E-state index in [1.165, 1.54) is 5.52 Å². The van der Waals surface area contributed by atoms with E-state index in [-0.39, 0.29) is 11.2 Å². The second kappa shape index (κ2) is 3.83. The van der Waals surface area contributed by atoms with E-state index in [2.05, 4.69) is 62.4 Å². The van der Waals surface area contributed by atoms with Crippen molar-refractivity contribution in [3.8, 4) is 0 Å². The number of para-hydroxylation sites is 2. The summed E-state index contributed by atoms with van der Waals surface area (Å²) in [5, 5.41) is 0. The summed E-state index contributed by atoms with van der Waals surface area (Å²) in [7, 11) is 0. The van der Waals surface area contributed by atoms with Crippen molar-refractivity contribution in [1.29, 1.82) is 0 Å². The van der Waals surface area contributed by atoms with Crippen LogP contribution >= 0.6 is 0 Å². The van der Waals surface area contributed by atoms with E-state index >= 15 is 0 Å². The average molecular weight is 258 g/mol. The number of hydrogen-bond donors (Lipinski definition) is 0. The quantitative estimate of drug-likeness (QED) is 0.776. The summed E-state index contributed by atoms with van der Waals surface area (Å²) in [5.41, 5.74) is 2.03. The molecule has 2 aromatic rings. The number of aromatic nitrogens is 2. The molecule has 1 unspecified atom stereocenters. The molecule has 3 heteroatoms. The molecule has 19 heavy (non-hydrogen) atoms. The molecule has 0 N–H and O–H groups in total. The van der Waals surface area contributed by atoms with Crippen molar-refractivity contribution in [2.75, 3.05) is 0 Å². The third-order valence-corrected chi connectivity index (χ3v) is 4.11. The Bertz CT molecular complexity index is 625. The minimum atomic E-state index is -0.169. The van der Waals surface area contributed by atoms with Gasteiger partial charge in [-0.15, -0.1) is 0 Å². The van der Waals surface area contributed by atoms with E-state index < -0.39 is 0 Å². The number of imidazole rings is 1. The van der Waals surface area contributed by atoms with E-state index in [4.69, 9.17) is 4.74 Å². The van der Waals surface area contributed by atoms with Crippen LogP contribution in [0.4, 0.5) is 0 Å². The summed E-state index contributed by atoms with van der Waals surface area (Å²) in [6, 6.07) is 8.67. The van der Waals surface area contributed by atoms with E-state index in [1.54, 1.807) is 0 Å². The van der Waals surface area contributed by atoms with Crippen LogP contribution in [0.1, 0.15) is 46.0 Å². The maximum absolute atomic E-state index is 6.23. The van der Waals surface area contributed by atoms with Gasteiger partial charge in [0.05, 0.1) is 28.3 Å². The Morgan fingerprint density at radius 3 is 2.53 bits per heavy atom. The lowest BCUT2D eigenvalue weighted by molar-refractivity contribution is -0.0727. The molecule has 1 aliphatic heterocycles. The molecule has 1 fully saturated rings. The number of benzene rings is 1. The Balaban J connectivity index is 2.17. The zero-order chi connectivity index (χ0) is 13.8. The highest BCUT2D eigenvalue weighted by atomic mass is 16.5. The zero-order valence-corrected chi connectivity index (χ0v) is 12.4. The van der Waals surface area contributed by atoms with Crippen LogP contribution in [0.25, 0.3) is 11.0 Å². The zero-order valence-electron chi connectivity index (χ0n) is 12.4. The van der Waals surface area contributed by atoms with Crippen molar-refractivity contribution in [3.05, 3.63) is 30.1 Å². The highest BCUT2D eigenvalue weighted by molar-refractivity contribution is 5.76. The van der Waals surface area contributed by atoms with Gasteiger partial charge in [-0.1, -0.05) is 12.1 Å². The van der Waals surface area contributed by atoms with Crippen LogP contribution in [-0.2, 0) is 4.74 Å². The van der Waals surface area contributed by atoms with Gasteiger partial charge in [-0.05, 0) is 53.2 Å². The lowest BCUT2D eigenvalue weighted by Crippen LogP contribution is -2.31. The molecular formula is C16H22N2O. The van der Waals surface area contributed by atoms with Crippen LogP contribution in [0.3, 0.4) is 0 Å². The highest BCUT2D eigenvalue weighted by Gasteiger charge is 2.47. The molecular weight excluding hydrogens is 236 g/mol. The molecule has 3 rings (SSSR count). The predicted molar refractivity (Wildman–Crippen MR) is 77.4 cm³/mol. The fourth-order valence-electron chi connectivity index (χ4n) is 3.49. The Labute approximate surface area is 114 Å². The molecule has 1 aromatic carbocycles. The first-order valence-corrected chi connectivity index (χ1v) is 6.94. The second-order valence-corrected chi connectivity index (χ2v) is 6.70.